The number of hydrogen-bond donors (Lipinski definition) is 1. The molecule has 0 aliphatic carbocycles. The SMILES string of the molecule is Cc1ccc(C(=O)OC[C@H]2O[C@@H](n3cnc4nc(N)nc(OCC(C)(C)C)c43)C[C@@H]2OC(=O)c2ccc(C)cc2)cc1. The third kappa shape index (κ3) is 6.68. The van der Waals surface area contributed by atoms with Crippen molar-refractivity contribution in [1.29, 1.82) is 0 Å². The van der Waals surface area contributed by atoms with E-state index in [0.717, 1.165) is 11.1 Å². The monoisotopic (exact) mass is 573 g/mol. The first-order valence-corrected chi connectivity index (χ1v) is 13.8. The third-order valence-corrected chi connectivity index (χ3v) is 6.76. The number of hydrogen-bond acceptors (Lipinski definition) is 10. The number of carbonyl (C=O) groups excluding carboxylic acids is 2. The van der Waals surface area contributed by atoms with Gasteiger partial charge in [0.15, 0.2) is 11.2 Å². The molecule has 0 spiro atoms. The average molecular weight is 574 g/mol. The minimum atomic E-state index is -0.745. The van der Waals surface area contributed by atoms with Crippen LogP contribution < -0.4 is 10.5 Å². The molecule has 11 nitrogen and oxygen atoms in total. The first kappa shape index (κ1) is 29.0. The topological polar surface area (TPSA) is 141 Å². The summed E-state index contributed by atoms with van der Waals surface area (Å²) in [4.78, 5) is 38.8. The minimum Gasteiger partial charge on any atom is -0.475 e. The fourth-order valence-electron chi connectivity index (χ4n) is 4.50. The number of rotatable bonds is 8. The number of aryl methyl sites for hydroxylation is 2. The predicted molar refractivity (Wildman–Crippen MR) is 155 cm³/mol. The van der Waals surface area contributed by atoms with Crippen LogP contribution in [0.5, 0.6) is 5.88 Å². The Bertz CT molecular complexity index is 1580. The van der Waals surface area contributed by atoms with E-state index in [4.69, 9.17) is 24.7 Å². The molecular formula is C31H35N5O6. The fourth-order valence-corrected chi connectivity index (χ4v) is 4.50. The van der Waals surface area contributed by atoms with Gasteiger partial charge in [-0.15, -0.1) is 0 Å². The number of benzene rings is 2. The van der Waals surface area contributed by atoms with Crippen LogP contribution in [0.3, 0.4) is 0 Å². The second kappa shape index (κ2) is 11.8. The van der Waals surface area contributed by atoms with Crippen molar-refractivity contribution in [2.24, 2.45) is 5.41 Å². The lowest BCUT2D eigenvalue weighted by Crippen LogP contribution is -2.32. The van der Waals surface area contributed by atoms with Gasteiger partial charge in [-0.25, -0.2) is 14.6 Å². The number of anilines is 1. The lowest BCUT2D eigenvalue weighted by atomic mass is 9.99. The summed E-state index contributed by atoms with van der Waals surface area (Å²) < 4.78 is 25.6. The standard InChI is InChI=1S/C31H35N5O6/c1-18-6-10-20(11-7-18)28(37)39-15-23-22(42-29(38)21-12-8-19(2)9-13-21)14-24(41-23)36-17-33-26-25(36)27(35-30(32)34-26)40-16-31(3,4)5/h6-13,17,22-24H,14-16H2,1-5H3,(H2,32,34,35)/t22-,23+,24+/m0/s1. The summed E-state index contributed by atoms with van der Waals surface area (Å²) in [6, 6.07) is 14.2. The number of nitrogens with two attached hydrogens (primary N) is 1. The van der Waals surface area contributed by atoms with E-state index in [1.165, 1.54) is 0 Å². The molecule has 5 rings (SSSR count). The number of carbonyl (C=O) groups is 2. The molecule has 0 amide bonds. The van der Waals surface area contributed by atoms with Gasteiger partial charge in [0.2, 0.25) is 11.8 Å². The quantitative estimate of drug-likeness (QED) is 0.292. The molecule has 1 fully saturated rings. The van der Waals surface area contributed by atoms with Crippen molar-refractivity contribution < 1.29 is 28.5 Å². The number of esters is 2. The summed E-state index contributed by atoms with van der Waals surface area (Å²) in [5.41, 5.74) is 9.51. The first-order valence-electron chi connectivity index (χ1n) is 13.8. The van der Waals surface area contributed by atoms with Crippen molar-refractivity contribution in [3.05, 3.63) is 77.1 Å². The predicted octanol–water partition coefficient (Wildman–Crippen LogP) is 4.82. The smallest absolute Gasteiger partial charge is 0.338 e. The van der Waals surface area contributed by atoms with Crippen molar-refractivity contribution in [3.8, 4) is 5.88 Å². The Morgan fingerprint density at radius 1 is 0.976 bits per heavy atom. The number of ether oxygens (including phenoxy) is 4. The van der Waals surface area contributed by atoms with Crippen molar-refractivity contribution in [3.63, 3.8) is 0 Å². The van der Waals surface area contributed by atoms with Crippen LogP contribution in [0.4, 0.5) is 5.95 Å². The van der Waals surface area contributed by atoms with E-state index in [-0.39, 0.29) is 30.3 Å². The van der Waals surface area contributed by atoms with Crippen molar-refractivity contribution >= 4 is 29.1 Å². The third-order valence-electron chi connectivity index (χ3n) is 6.76. The van der Waals surface area contributed by atoms with Crippen LogP contribution in [-0.2, 0) is 14.2 Å². The largest absolute Gasteiger partial charge is 0.475 e. The average Bonchev–Trinajstić information content (AvgIpc) is 3.54. The number of imidazole rings is 1. The van der Waals surface area contributed by atoms with Gasteiger partial charge in [-0.05, 0) is 43.5 Å². The van der Waals surface area contributed by atoms with Crippen LogP contribution in [0.15, 0.2) is 54.9 Å². The molecule has 3 atom stereocenters. The van der Waals surface area contributed by atoms with Crippen LogP contribution in [0.25, 0.3) is 11.2 Å². The second-order valence-electron chi connectivity index (χ2n) is 11.7. The highest BCUT2D eigenvalue weighted by Gasteiger charge is 2.41. The summed E-state index contributed by atoms with van der Waals surface area (Å²) in [7, 11) is 0. The minimum absolute atomic E-state index is 0.0369. The number of aromatic nitrogens is 4. The maximum absolute atomic E-state index is 13.1. The maximum Gasteiger partial charge on any atom is 0.338 e. The van der Waals surface area contributed by atoms with E-state index in [0.29, 0.717) is 28.9 Å². The number of nitrogens with zero attached hydrogens (tertiary/aromatic N) is 4. The molecule has 0 bridgehead atoms. The zero-order valence-corrected chi connectivity index (χ0v) is 24.4. The molecule has 1 saturated heterocycles. The van der Waals surface area contributed by atoms with Crippen LogP contribution in [0.1, 0.15) is 65.3 Å². The molecule has 220 valence electrons. The molecule has 0 saturated carbocycles. The summed E-state index contributed by atoms with van der Waals surface area (Å²) >= 11 is 0. The van der Waals surface area contributed by atoms with Crippen LogP contribution in [0.2, 0.25) is 0 Å². The van der Waals surface area contributed by atoms with Gasteiger partial charge in [-0.2, -0.15) is 9.97 Å². The van der Waals surface area contributed by atoms with E-state index in [1.54, 1.807) is 35.2 Å². The van der Waals surface area contributed by atoms with Gasteiger partial charge in [0, 0.05) is 6.42 Å². The molecule has 0 radical (unpaired) electrons. The number of fused-ring (bicyclic) bond motifs is 1. The van der Waals surface area contributed by atoms with Gasteiger partial charge in [0.05, 0.1) is 24.1 Å². The van der Waals surface area contributed by atoms with E-state index in [9.17, 15) is 9.59 Å². The van der Waals surface area contributed by atoms with E-state index >= 15 is 0 Å². The van der Waals surface area contributed by atoms with Crippen molar-refractivity contribution in [2.75, 3.05) is 18.9 Å². The molecule has 0 unspecified atom stereocenters. The van der Waals surface area contributed by atoms with E-state index in [2.05, 4.69) is 15.0 Å². The molecule has 4 aromatic rings. The molecule has 11 heteroatoms. The summed E-state index contributed by atoms with van der Waals surface area (Å²) in [5, 5.41) is 0. The van der Waals surface area contributed by atoms with Crippen LogP contribution in [-0.4, -0.2) is 56.9 Å². The van der Waals surface area contributed by atoms with Crippen molar-refractivity contribution in [1.82, 2.24) is 19.5 Å². The fraction of sp³-hybridized carbons (Fsp3) is 0.387. The molecule has 3 heterocycles. The highest BCUT2D eigenvalue weighted by Crippen LogP contribution is 2.36. The molecular weight excluding hydrogens is 538 g/mol. The van der Waals surface area contributed by atoms with E-state index in [1.807, 2.05) is 58.9 Å². The summed E-state index contributed by atoms with van der Waals surface area (Å²) in [6.07, 6.45) is -0.282. The normalized spacial score (nSPS) is 18.6. The Morgan fingerprint density at radius 2 is 1.60 bits per heavy atom. The van der Waals surface area contributed by atoms with Gasteiger partial charge in [0.25, 0.3) is 0 Å². The van der Waals surface area contributed by atoms with Gasteiger partial charge >= 0.3 is 11.9 Å². The lowest BCUT2D eigenvalue weighted by molar-refractivity contribution is -0.0563. The Hall–Kier alpha value is -4.51. The summed E-state index contributed by atoms with van der Waals surface area (Å²) in [6.45, 7) is 10.3. The highest BCUT2D eigenvalue weighted by molar-refractivity contribution is 5.90. The first-order chi connectivity index (χ1) is 20.0. The van der Waals surface area contributed by atoms with Gasteiger partial charge in [-0.1, -0.05) is 56.2 Å². The molecule has 2 aromatic carbocycles. The zero-order chi connectivity index (χ0) is 30.0. The molecule has 42 heavy (non-hydrogen) atoms. The maximum atomic E-state index is 13.1. The molecule has 1 aliphatic rings. The van der Waals surface area contributed by atoms with Crippen LogP contribution in [0, 0.1) is 19.3 Å². The van der Waals surface area contributed by atoms with Crippen molar-refractivity contribution in [2.45, 2.75) is 59.5 Å². The van der Waals surface area contributed by atoms with Gasteiger partial charge in [0.1, 0.15) is 25.0 Å². The van der Waals surface area contributed by atoms with Gasteiger partial charge < -0.3 is 24.7 Å². The molecule has 1 aliphatic heterocycles. The Morgan fingerprint density at radius 3 is 2.21 bits per heavy atom. The van der Waals surface area contributed by atoms with E-state index < -0.39 is 30.4 Å². The van der Waals surface area contributed by atoms with Gasteiger partial charge in [-0.3, -0.25) is 4.57 Å². The second-order valence-corrected chi connectivity index (χ2v) is 11.7. The van der Waals surface area contributed by atoms with Crippen LogP contribution >= 0.6 is 0 Å². The lowest BCUT2D eigenvalue weighted by Gasteiger charge is -2.20. The zero-order valence-electron chi connectivity index (χ0n) is 24.4. The highest BCUT2D eigenvalue weighted by atomic mass is 16.6. The number of nitrogen functional groups attached to an aromatic ring is 1. The Kier molecular flexibility index (Phi) is 8.13. The summed E-state index contributed by atoms with van der Waals surface area (Å²) in [5.74, 6) is -0.689. The Labute approximate surface area is 244 Å². The molecule has 2 aromatic heterocycles. The molecule has 2 N–H and O–H groups in total. The Balaban J connectivity index is 1.40.